The summed E-state index contributed by atoms with van der Waals surface area (Å²) in [7, 11) is -3.77. The van der Waals surface area contributed by atoms with Crippen molar-refractivity contribution in [1.29, 1.82) is 0 Å². The van der Waals surface area contributed by atoms with Crippen LogP contribution in [0.15, 0.2) is 76.2 Å². The molecule has 0 aliphatic heterocycles. The Morgan fingerprint density at radius 3 is 1.93 bits per heavy atom. The normalized spacial score (nSPS) is 11.1. The maximum Gasteiger partial charge on any atom is 0.269 e. The molecule has 0 aliphatic carbocycles. The lowest BCUT2D eigenvalue weighted by atomic mass is 10.2. The van der Waals surface area contributed by atoms with E-state index in [1.807, 2.05) is 0 Å². The van der Waals surface area contributed by atoms with Gasteiger partial charge in [-0.3, -0.25) is 20.4 Å². The molecule has 0 fully saturated rings. The zero-order valence-electron chi connectivity index (χ0n) is 14.9. The highest BCUT2D eigenvalue weighted by Crippen LogP contribution is 2.12. The van der Waals surface area contributed by atoms with Crippen molar-refractivity contribution >= 4 is 33.4 Å². The molecule has 0 radical (unpaired) electrons. The zero-order chi connectivity index (χ0) is 20.9. The Bertz CT molecular complexity index is 1100. The van der Waals surface area contributed by atoms with Crippen molar-refractivity contribution in [2.45, 2.75) is 11.4 Å². The van der Waals surface area contributed by atoms with Gasteiger partial charge in [-0.25, -0.2) is 13.1 Å². The monoisotopic (exact) mass is 433 g/mol. The molecular formula is C19H16ClN3O5S. The molecule has 1 aromatic heterocycles. The number of carbonyl (C=O) groups excluding carboxylic acids is 2. The van der Waals surface area contributed by atoms with E-state index in [1.54, 1.807) is 24.3 Å². The first kappa shape index (κ1) is 20.6. The fraction of sp³-hybridized carbons (Fsp3) is 0.0526. The number of benzene rings is 2. The van der Waals surface area contributed by atoms with Crippen molar-refractivity contribution in [3.63, 3.8) is 0 Å². The Labute approximate surface area is 171 Å². The molecule has 3 aromatic rings. The summed E-state index contributed by atoms with van der Waals surface area (Å²) in [5.74, 6) is -0.642. The van der Waals surface area contributed by atoms with Crippen molar-refractivity contribution in [2.24, 2.45) is 0 Å². The van der Waals surface area contributed by atoms with Crippen LogP contribution in [-0.2, 0) is 16.6 Å². The molecule has 0 spiro atoms. The van der Waals surface area contributed by atoms with Gasteiger partial charge in [0.15, 0.2) is 0 Å². The Balaban J connectivity index is 1.58. The van der Waals surface area contributed by atoms with Crippen molar-refractivity contribution in [1.82, 2.24) is 15.6 Å². The summed E-state index contributed by atoms with van der Waals surface area (Å²) in [6.07, 6.45) is 1.45. The highest BCUT2D eigenvalue weighted by atomic mass is 35.5. The predicted octanol–water partition coefficient (Wildman–Crippen LogP) is 2.49. The van der Waals surface area contributed by atoms with Gasteiger partial charge in [0.2, 0.25) is 10.0 Å². The summed E-state index contributed by atoms with van der Waals surface area (Å²) < 4.78 is 32.0. The minimum atomic E-state index is -3.77. The van der Waals surface area contributed by atoms with Gasteiger partial charge in [-0.05, 0) is 60.7 Å². The van der Waals surface area contributed by atoms with Crippen molar-refractivity contribution in [2.75, 3.05) is 0 Å². The molecule has 0 bridgehead atoms. The van der Waals surface area contributed by atoms with Gasteiger partial charge in [0, 0.05) is 16.1 Å². The van der Waals surface area contributed by atoms with Crippen LogP contribution in [0.5, 0.6) is 0 Å². The van der Waals surface area contributed by atoms with Gasteiger partial charge in [0.1, 0.15) is 5.76 Å². The lowest BCUT2D eigenvalue weighted by Crippen LogP contribution is -2.41. The summed E-state index contributed by atoms with van der Waals surface area (Å²) in [5.41, 5.74) is 5.03. The fourth-order valence-corrected chi connectivity index (χ4v) is 3.43. The Morgan fingerprint density at radius 1 is 0.862 bits per heavy atom. The Morgan fingerprint density at radius 2 is 1.41 bits per heavy atom. The van der Waals surface area contributed by atoms with Crippen LogP contribution < -0.4 is 15.6 Å². The molecule has 2 aromatic carbocycles. The molecule has 150 valence electrons. The SMILES string of the molecule is O=C(NNC(=O)c1ccc(S(=O)(=O)NCc2ccco2)cc1)c1ccc(Cl)cc1. The minimum absolute atomic E-state index is 0.00823. The topological polar surface area (TPSA) is 118 Å². The Hall–Kier alpha value is -3.14. The van der Waals surface area contributed by atoms with E-state index in [0.717, 1.165) is 0 Å². The van der Waals surface area contributed by atoms with Crippen LogP contribution in [0.2, 0.25) is 5.02 Å². The highest BCUT2D eigenvalue weighted by molar-refractivity contribution is 7.89. The average molecular weight is 434 g/mol. The van der Waals surface area contributed by atoms with Crippen LogP contribution in [0.1, 0.15) is 26.5 Å². The number of carbonyl (C=O) groups is 2. The molecule has 3 N–H and O–H groups in total. The number of furan rings is 1. The van der Waals surface area contributed by atoms with Gasteiger partial charge in [-0.2, -0.15) is 0 Å². The minimum Gasteiger partial charge on any atom is -0.468 e. The standard InChI is InChI=1S/C19H16ClN3O5S/c20-15-7-3-13(4-8-15)18(24)22-23-19(25)14-5-9-17(10-6-14)29(26,27)21-12-16-2-1-11-28-16/h1-11,21H,12H2,(H,22,24)(H,23,25). The number of hydrogen-bond donors (Lipinski definition) is 3. The number of amides is 2. The van der Waals surface area contributed by atoms with E-state index in [9.17, 15) is 18.0 Å². The van der Waals surface area contributed by atoms with Crippen LogP contribution in [0.25, 0.3) is 0 Å². The molecule has 0 atom stereocenters. The van der Waals surface area contributed by atoms with Crippen molar-refractivity contribution < 1.29 is 22.4 Å². The molecule has 3 rings (SSSR count). The Kier molecular flexibility index (Phi) is 6.32. The molecule has 8 nitrogen and oxygen atoms in total. The number of halogens is 1. The van der Waals surface area contributed by atoms with Gasteiger partial charge < -0.3 is 4.42 Å². The molecule has 0 saturated heterocycles. The van der Waals surface area contributed by atoms with Crippen LogP contribution in [0.4, 0.5) is 0 Å². The first-order valence-electron chi connectivity index (χ1n) is 8.33. The van der Waals surface area contributed by atoms with E-state index < -0.39 is 21.8 Å². The second-order valence-corrected chi connectivity index (χ2v) is 8.05. The van der Waals surface area contributed by atoms with Gasteiger partial charge in [0.25, 0.3) is 11.8 Å². The number of sulfonamides is 1. The van der Waals surface area contributed by atoms with E-state index in [2.05, 4.69) is 15.6 Å². The van der Waals surface area contributed by atoms with Crippen LogP contribution >= 0.6 is 11.6 Å². The molecule has 0 saturated carbocycles. The summed E-state index contributed by atoms with van der Waals surface area (Å²) in [6.45, 7) is 0.00823. The van der Waals surface area contributed by atoms with Crippen LogP contribution in [0, 0.1) is 0 Å². The maximum atomic E-state index is 12.3. The van der Waals surface area contributed by atoms with Crippen molar-refractivity contribution in [3.8, 4) is 0 Å². The lowest BCUT2D eigenvalue weighted by Gasteiger charge is -2.09. The number of hydrazine groups is 1. The largest absolute Gasteiger partial charge is 0.468 e. The average Bonchev–Trinajstić information content (AvgIpc) is 3.25. The van der Waals surface area contributed by atoms with Gasteiger partial charge in [-0.1, -0.05) is 11.6 Å². The number of nitrogens with one attached hydrogen (secondary N) is 3. The number of hydrogen-bond acceptors (Lipinski definition) is 5. The molecule has 0 aliphatic rings. The second kappa shape index (κ2) is 8.91. The third-order valence-electron chi connectivity index (χ3n) is 3.84. The van der Waals surface area contributed by atoms with Gasteiger partial charge in [-0.15, -0.1) is 0 Å². The molecular weight excluding hydrogens is 418 g/mol. The van der Waals surface area contributed by atoms with E-state index in [0.29, 0.717) is 16.3 Å². The zero-order valence-corrected chi connectivity index (χ0v) is 16.5. The van der Waals surface area contributed by atoms with E-state index in [4.69, 9.17) is 16.0 Å². The maximum absolute atomic E-state index is 12.3. The van der Waals surface area contributed by atoms with Gasteiger partial charge in [0.05, 0.1) is 17.7 Å². The number of rotatable bonds is 6. The third-order valence-corrected chi connectivity index (χ3v) is 5.51. The van der Waals surface area contributed by atoms with Gasteiger partial charge >= 0.3 is 0 Å². The van der Waals surface area contributed by atoms with E-state index >= 15 is 0 Å². The summed E-state index contributed by atoms with van der Waals surface area (Å²) in [5, 5.41) is 0.485. The quantitative estimate of drug-likeness (QED) is 0.516. The predicted molar refractivity (Wildman–Crippen MR) is 106 cm³/mol. The molecule has 2 amide bonds. The van der Waals surface area contributed by atoms with E-state index in [-0.39, 0.29) is 17.0 Å². The second-order valence-electron chi connectivity index (χ2n) is 5.84. The lowest BCUT2D eigenvalue weighted by molar-refractivity contribution is 0.0846. The summed E-state index contributed by atoms with van der Waals surface area (Å²) >= 11 is 5.76. The summed E-state index contributed by atoms with van der Waals surface area (Å²) in [6, 6.07) is 14.7. The third kappa shape index (κ3) is 5.44. The molecule has 10 heteroatoms. The van der Waals surface area contributed by atoms with Crippen LogP contribution in [-0.4, -0.2) is 20.2 Å². The van der Waals surface area contributed by atoms with Crippen LogP contribution in [0.3, 0.4) is 0 Å². The fourth-order valence-electron chi connectivity index (χ4n) is 2.31. The smallest absolute Gasteiger partial charge is 0.269 e. The molecule has 29 heavy (non-hydrogen) atoms. The summed E-state index contributed by atoms with van der Waals surface area (Å²) in [4.78, 5) is 24.1. The van der Waals surface area contributed by atoms with E-state index in [1.165, 1.54) is 42.7 Å². The first-order chi connectivity index (χ1) is 13.8. The molecule has 1 heterocycles. The first-order valence-corrected chi connectivity index (χ1v) is 10.2. The molecule has 0 unspecified atom stereocenters. The highest BCUT2D eigenvalue weighted by Gasteiger charge is 2.16. The van der Waals surface area contributed by atoms with Crippen molar-refractivity contribution in [3.05, 3.63) is 88.8 Å².